The highest BCUT2D eigenvalue weighted by atomic mass is 35.5. The third-order valence-electron chi connectivity index (χ3n) is 2.90. The van der Waals surface area contributed by atoms with Crippen LogP contribution >= 0.6 is 11.6 Å². The van der Waals surface area contributed by atoms with E-state index in [0.717, 1.165) is 26.1 Å². The molecule has 0 spiro atoms. The molecule has 0 atom stereocenters. The lowest BCUT2D eigenvalue weighted by atomic mass is 9.92. The fraction of sp³-hybridized carbons (Fsp3) is 1.00. The van der Waals surface area contributed by atoms with Crippen molar-refractivity contribution >= 4 is 21.4 Å². The van der Waals surface area contributed by atoms with E-state index in [1.54, 1.807) is 0 Å². The molecule has 0 aromatic carbocycles. The lowest BCUT2D eigenvalue weighted by molar-refractivity contribution is 0.0468. The Morgan fingerprint density at radius 2 is 2.00 bits per heavy atom. The van der Waals surface area contributed by atoms with Crippen LogP contribution in [0.3, 0.4) is 0 Å². The van der Waals surface area contributed by atoms with Crippen LogP contribution in [0.5, 0.6) is 0 Å². The maximum absolute atomic E-state index is 11.0. The molecule has 1 saturated heterocycles. The number of hydrogen-bond donors (Lipinski definition) is 1. The van der Waals surface area contributed by atoms with Gasteiger partial charge in [0, 0.05) is 30.9 Å². The summed E-state index contributed by atoms with van der Waals surface area (Å²) in [5.74, 6) is 0.782. The number of hydrogen-bond acceptors (Lipinski definition) is 4. The topological polar surface area (TPSA) is 55.4 Å². The van der Waals surface area contributed by atoms with Gasteiger partial charge in [0.05, 0.1) is 5.75 Å². The van der Waals surface area contributed by atoms with Crippen LogP contribution in [-0.2, 0) is 14.6 Å². The van der Waals surface area contributed by atoms with Crippen LogP contribution in [0.1, 0.15) is 19.3 Å². The van der Waals surface area contributed by atoms with Gasteiger partial charge in [0.25, 0.3) is 0 Å². The Hall–Kier alpha value is 0.160. The highest BCUT2D eigenvalue weighted by Crippen LogP contribution is 2.22. The van der Waals surface area contributed by atoms with Crippen molar-refractivity contribution in [3.63, 3.8) is 0 Å². The number of ether oxygens (including phenoxy) is 1. The molecule has 96 valence electrons. The largest absolute Gasteiger partial charge is 0.381 e. The van der Waals surface area contributed by atoms with Crippen LogP contribution in [0, 0.1) is 0 Å². The van der Waals surface area contributed by atoms with Gasteiger partial charge in [0.2, 0.25) is 0 Å². The Bertz CT molecular complexity index is 299. The van der Waals surface area contributed by atoms with Crippen molar-refractivity contribution in [3.05, 3.63) is 0 Å². The van der Waals surface area contributed by atoms with Gasteiger partial charge in [-0.15, -0.1) is 11.6 Å². The van der Waals surface area contributed by atoms with E-state index in [-0.39, 0.29) is 11.3 Å². The van der Waals surface area contributed by atoms with Crippen molar-refractivity contribution in [1.29, 1.82) is 0 Å². The van der Waals surface area contributed by atoms with Crippen molar-refractivity contribution in [1.82, 2.24) is 5.32 Å². The summed E-state index contributed by atoms with van der Waals surface area (Å²) in [6.45, 7) is 2.15. The summed E-state index contributed by atoms with van der Waals surface area (Å²) in [5.41, 5.74) is -0.0582. The van der Waals surface area contributed by atoms with Crippen molar-refractivity contribution in [2.75, 3.05) is 37.6 Å². The first-order valence-electron chi connectivity index (χ1n) is 5.54. The number of alkyl halides is 1. The number of rotatable bonds is 6. The van der Waals surface area contributed by atoms with Gasteiger partial charge in [0.15, 0.2) is 0 Å². The molecule has 1 N–H and O–H groups in total. The summed E-state index contributed by atoms with van der Waals surface area (Å²) in [4.78, 5) is 0. The van der Waals surface area contributed by atoms with Crippen molar-refractivity contribution in [2.45, 2.75) is 24.8 Å². The van der Waals surface area contributed by atoms with Gasteiger partial charge >= 0.3 is 0 Å². The van der Waals surface area contributed by atoms with Gasteiger partial charge in [-0.1, -0.05) is 0 Å². The van der Waals surface area contributed by atoms with Crippen molar-refractivity contribution in [3.8, 4) is 0 Å². The molecule has 16 heavy (non-hydrogen) atoms. The summed E-state index contributed by atoms with van der Waals surface area (Å²) < 4.78 is 27.2. The minimum absolute atomic E-state index is 0.0582. The molecule has 4 nitrogen and oxygen atoms in total. The standard InChI is InChI=1S/C10H20ClNO3S/c1-16(13,14)8-2-5-12-10(9-11)3-6-15-7-4-10/h12H,2-9H2,1H3. The SMILES string of the molecule is CS(=O)(=O)CCCNC1(CCl)CCOCC1. The highest BCUT2D eigenvalue weighted by molar-refractivity contribution is 7.90. The number of halogens is 1. The predicted molar refractivity (Wildman–Crippen MR) is 65.8 cm³/mol. The lowest BCUT2D eigenvalue weighted by Gasteiger charge is -2.36. The van der Waals surface area contributed by atoms with Gasteiger partial charge in [-0.3, -0.25) is 0 Å². The van der Waals surface area contributed by atoms with Crippen LogP contribution in [0.4, 0.5) is 0 Å². The summed E-state index contributed by atoms with van der Waals surface area (Å²) in [6.07, 6.45) is 3.70. The van der Waals surface area contributed by atoms with E-state index in [2.05, 4.69) is 5.32 Å². The fourth-order valence-electron chi connectivity index (χ4n) is 1.81. The zero-order chi connectivity index (χ0) is 12.1. The fourth-order valence-corrected chi connectivity index (χ4v) is 2.84. The van der Waals surface area contributed by atoms with Gasteiger partial charge in [-0.05, 0) is 25.8 Å². The van der Waals surface area contributed by atoms with Gasteiger partial charge in [-0.2, -0.15) is 0 Å². The lowest BCUT2D eigenvalue weighted by Crippen LogP contribution is -2.51. The minimum atomic E-state index is -2.85. The van der Waals surface area contributed by atoms with E-state index >= 15 is 0 Å². The number of nitrogens with one attached hydrogen (secondary N) is 1. The smallest absolute Gasteiger partial charge is 0.147 e. The van der Waals surface area contributed by atoms with E-state index in [1.165, 1.54) is 6.26 Å². The first-order valence-corrected chi connectivity index (χ1v) is 8.13. The molecule has 0 bridgehead atoms. The Kier molecular flexibility index (Phi) is 5.50. The Balaban J connectivity index is 2.28. The molecule has 0 amide bonds. The molecule has 0 aromatic heterocycles. The molecule has 1 aliphatic heterocycles. The average Bonchev–Trinajstić information content (AvgIpc) is 2.25. The molecule has 1 fully saturated rings. The predicted octanol–water partition coefficient (Wildman–Crippen LogP) is 0.799. The van der Waals surface area contributed by atoms with Gasteiger partial charge in [0.1, 0.15) is 9.84 Å². The monoisotopic (exact) mass is 269 g/mol. The second-order valence-corrected chi connectivity index (χ2v) is 6.96. The molecule has 6 heteroatoms. The van der Waals surface area contributed by atoms with Crippen LogP contribution in [0.25, 0.3) is 0 Å². The molecule has 0 saturated carbocycles. The summed E-state index contributed by atoms with van der Waals surface area (Å²) in [7, 11) is -2.85. The zero-order valence-corrected chi connectivity index (χ0v) is 11.2. The maximum Gasteiger partial charge on any atom is 0.147 e. The van der Waals surface area contributed by atoms with Crippen molar-refractivity contribution < 1.29 is 13.2 Å². The minimum Gasteiger partial charge on any atom is -0.381 e. The van der Waals surface area contributed by atoms with E-state index in [4.69, 9.17) is 16.3 Å². The Morgan fingerprint density at radius 3 is 2.50 bits per heavy atom. The van der Waals surface area contributed by atoms with Gasteiger partial charge < -0.3 is 10.1 Å². The molecular weight excluding hydrogens is 250 g/mol. The first-order chi connectivity index (χ1) is 7.47. The van der Waals surface area contributed by atoms with Crippen LogP contribution in [0.15, 0.2) is 0 Å². The second kappa shape index (κ2) is 6.19. The van der Waals surface area contributed by atoms with E-state index < -0.39 is 9.84 Å². The van der Waals surface area contributed by atoms with E-state index in [0.29, 0.717) is 18.8 Å². The van der Waals surface area contributed by atoms with Gasteiger partial charge in [-0.25, -0.2) is 8.42 Å². The summed E-state index contributed by atoms with van der Waals surface area (Å²) in [6, 6.07) is 0. The van der Waals surface area contributed by atoms with Crippen molar-refractivity contribution in [2.24, 2.45) is 0 Å². The molecular formula is C10H20ClNO3S. The highest BCUT2D eigenvalue weighted by Gasteiger charge is 2.30. The molecule has 1 rings (SSSR count). The molecule has 0 aromatic rings. The molecule has 0 unspecified atom stereocenters. The normalized spacial score (nSPS) is 20.9. The maximum atomic E-state index is 11.0. The Morgan fingerprint density at radius 1 is 1.38 bits per heavy atom. The Labute approximate surface area is 103 Å². The summed E-state index contributed by atoms with van der Waals surface area (Å²) in [5, 5.41) is 3.38. The van der Waals surface area contributed by atoms with E-state index in [9.17, 15) is 8.42 Å². The molecule has 0 radical (unpaired) electrons. The zero-order valence-electron chi connectivity index (χ0n) is 9.67. The third-order valence-corrected chi connectivity index (χ3v) is 4.44. The third kappa shape index (κ3) is 4.99. The van der Waals surface area contributed by atoms with Crippen LogP contribution in [-0.4, -0.2) is 51.6 Å². The molecule has 1 heterocycles. The second-order valence-electron chi connectivity index (χ2n) is 4.44. The van der Waals surface area contributed by atoms with Crippen LogP contribution in [0.2, 0.25) is 0 Å². The molecule has 0 aliphatic carbocycles. The van der Waals surface area contributed by atoms with E-state index in [1.807, 2.05) is 0 Å². The quantitative estimate of drug-likeness (QED) is 0.572. The summed E-state index contributed by atoms with van der Waals surface area (Å²) >= 11 is 5.97. The average molecular weight is 270 g/mol. The first kappa shape index (κ1) is 14.2. The molecule has 1 aliphatic rings. The van der Waals surface area contributed by atoms with Crippen LogP contribution < -0.4 is 5.32 Å². The number of sulfone groups is 1.